The molecule has 2 unspecified atom stereocenters. The van der Waals surface area contributed by atoms with Gasteiger partial charge in [-0.1, -0.05) is 29.5 Å². The molecule has 0 aliphatic carbocycles. The SMILES string of the molecule is C#CCC(CC(C)I)NC(N)=O. The maximum absolute atomic E-state index is 10.5. The molecule has 2 amide bonds. The Labute approximate surface area is 86.6 Å². The Morgan fingerprint density at radius 1 is 1.83 bits per heavy atom. The molecule has 0 saturated carbocycles. The van der Waals surface area contributed by atoms with E-state index in [1.54, 1.807) is 0 Å². The fourth-order valence-corrected chi connectivity index (χ4v) is 1.54. The molecule has 0 fully saturated rings. The van der Waals surface area contributed by atoms with Crippen LogP contribution in [0.1, 0.15) is 19.8 Å². The highest BCUT2D eigenvalue weighted by molar-refractivity contribution is 14.1. The number of hydrogen-bond acceptors (Lipinski definition) is 1. The van der Waals surface area contributed by atoms with Gasteiger partial charge in [-0.2, -0.15) is 0 Å². The average molecular weight is 280 g/mol. The molecule has 0 aromatic rings. The maximum Gasteiger partial charge on any atom is 0.312 e. The minimum Gasteiger partial charge on any atom is -0.352 e. The third-order valence-corrected chi connectivity index (χ3v) is 1.83. The van der Waals surface area contributed by atoms with Gasteiger partial charge in [0.2, 0.25) is 0 Å². The molecule has 0 radical (unpaired) electrons. The Morgan fingerprint density at radius 3 is 2.75 bits per heavy atom. The predicted octanol–water partition coefficient (Wildman–Crippen LogP) is 1.26. The van der Waals surface area contributed by atoms with Crippen LogP contribution >= 0.6 is 22.6 Å². The number of nitrogens with one attached hydrogen (secondary N) is 1. The minimum absolute atomic E-state index is 0.0133. The minimum atomic E-state index is -0.507. The van der Waals surface area contributed by atoms with Crippen LogP contribution in [0.3, 0.4) is 0 Å². The smallest absolute Gasteiger partial charge is 0.312 e. The van der Waals surface area contributed by atoms with E-state index in [9.17, 15) is 4.79 Å². The second-order valence-corrected chi connectivity index (χ2v) is 4.76. The second-order valence-electron chi connectivity index (χ2n) is 2.63. The number of carbonyl (C=O) groups excluding carboxylic acids is 1. The summed E-state index contributed by atoms with van der Waals surface area (Å²) in [5.74, 6) is 2.50. The van der Waals surface area contributed by atoms with E-state index >= 15 is 0 Å². The Bertz CT molecular complexity index is 186. The van der Waals surface area contributed by atoms with Gasteiger partial charge in [0.25, 0.3) is 0 Å². The first-order valence-corrected chi connectivity index (χ1v) is 4.94. The summed E-state index contributed by atoms with van der Waals surface area (Å²) in [6, 6.07) is -0.494. The largest absolute Gasteiger partial charge is 0.352 e. The van der Waals surface area contributed by atoms with Crippen LogP contribution in [-0.2, 0) is 0 Å². The van der Waals surface area contributed by atoms with E-state index in [1.807, 2.05) is 0 Å². The molecule has 2 atom stereocenters. The molecular formula is C8H13IN2O. The first-order chi connectivity index (χ1) is 5.56. The summed E-state index contributed by atoms with van der Waals surface area (Å²) < 4.78 is 0.479. The fraction of sp³-hybridized carbons (Fsp3) is 0.625. The number of alkyl halides is 1. The van der Waals surface area contributed by atoms with Crippen molar-refractivity contribution < 1.29 is 4.79 Å². The summed E-state index contributed by atoms with van der Waals surface area (Å²) in [4.78, 5) is 10.5. The van der Waals surface area contributed by atoms with Gasteiger partial charge in [-0.3, -0.25) is 0 Å². The van der Waals surface area contributed by atoms with Crippen LogP contribution < -0.4 is 11.1 Å². The Morgan fingerprint density at radius 2 is 2.42 bits per heavy atom. The molecule has 4 heteroatoms. The van der Waals surface area contributed by atoms with Gasteiger partial charge in [0.05, 0.1) is 0 Å². The molecule has 3 nitrogen and oxygen atoms in total. The number of rotatable bonds is 4. The zero-order chi connectivity index (χ0) is 9.56. The van der Waals surface area contributed by atoms with E-state index in [0.29, 0.717) is 10.3 Å². The molecule has 0 aliphatic heterocycles. The zero-order valence-corrected chi connectivity index (χ0v) is 9.17. The lowest BCUT2D eigenvalue weighted by molar-refractivity contribution is 0.245. The fourth-order valence-electron chi connectivity index (χ4n) is 0.929. The molecule has 0 saturated heterocycles. The third-order valence-electron chi connectivity index (χ3n) is 1.32. The molecule has 0 aromatic carbocycles. The second kappa shape index (κ2) is 6.12. The summed E-state index contributed by atoms with van der Waals surface area (Å²) in [7, 11) is 0. The van der Waals surface area contributed by atoms with Crippen molar-refractivity contribution in [2.45, 2.75) is 29.7 Å². The van der Waals surface area contributed by atoms with Gasteiger partial charge in [-0.15, -0.1) is 12.3 Å². The third kappa shape index (κ3) is 6.28. The van der Waals surface area contributed by atoms with Gasteiger partial charge < -0.3 is 11.1 Å². The van der Waals surface area contributed by atoms with Crippen LogP contribution in [0, 0.1) is 12.3 Å². The first-order valence-electron chi connectivity index (χ1n) is 3.69. The van der Waals surface area contributed by atoms with Gasteiger partial charge in [0, 0.05) is 16.4 Å². The molecule has 0 rings (SSSR count). The van der Waals surface area contributed by atoms with Crippen molar-refractivity contribution in [3.05, 3.63) is 0 Å². The Balaban J connectivity index is 3.87. The highest BCUT2D eigenvalue weighted by Gasteiger charge is 2.11. The van der Waals surface area contributed by atoms with Crippen molar-refractivity contribution in [1.29, 1.82) is 0 Å². The van der Waals surface area contributed by atoms with Crippen LogP contribution in [0.2, 0.25) is 0 Å². The number of amides is 2. The van der Waals surface area contributed by atoms with E-state index in [0.717, 1.165) is 6.42 Å². The normalized spacial score (nSPS) is 14.4. The number of carbonyl (C=O) groups is 1. The lowest BCUT2D eigenvalue weighted by atomic mass is 10.1. The number of hydrogen-bond donors (Lipinski definition) is 2. The van der Waals surface area contributed by atoms with E-state index in [-0.39, 0.29) is 6.04 Å². The van der Waals surface area contributed by atoms with Crippen LogP contribution in [0.15, 0.2) is 0 Å². The molecule has 12 heavy (non-hydrogen) atoms. The Hall–Kier alpha value is -0.440. The van der Waals surface area contributed by atoms with Crippen molar-refractivity contribution in [1.82, 2.24) is 5.32 Å². The van der Waals surface area contributed by atoms with E-state index in [2.05, 4.69) is 40.8 Å². The number of terminal acetylenes is 1. The van der Waals surface area contributed by atoms with Crippen molar-refractivity contribution in [3.8, 4) is 12.3 Å². The number of nitrogens with two attached hydrogens (primary N) is 1. The monoisotopic (exact) mass is 280 g/mol. The molecule has 0 aromatic heterocycles. The summed E-state index contributed by atoms with van der Waals surface area (Å²) >= 11 is 2.28. The van der Waals surface area contributed by atoms with Gasteiger partial charge in [0.1, 0.15) is 0 Å². The summed E-state index contributed by atoms with van der Waals surface area (Å²) in [6.07, 6.45) is 6.53. The lowest BCUT2D eigenvalue weighted by Crippen LogP contribution is -2.39. The van der Waals surface area contributed by atoms with Crippen LogP contribution in [0.4, 0.5) is 4.79 Å². The molecular weight excluding hydrogens is 267 g/mol. The zero-order valence-electron chi connectivity index (χ0n) is 7.01. The topological polar surface area (TPSA) is 55.1 Å². The van der Waals surface area contributed by atoms with E-state index < -0.39 is 6.03 Å². The van der Waals surface area contributed by atoms with Gasteiger partial charge in [-0.25, -0.2) is 4.79 Å². The molecule has 68 valence electrons. The van der Waals surface area contributed by atoms with Gasteiger partial charge in [-0.05, 0) is 6.42 Å². The molecule has 0 spiro atoms. The highest BCUT2D eigenvalue weighted by atomic mass is 127. The van der Waals surface area contributed by atoms with Gasteiger partial charge in [0.15, 0.2) is 0 Å². The predicted molar refractivity (Wildman–Crippen MR) is 58.1 cm³/mol. The first kappa shape index (κ1) is 11.6. The molecule has 0 aliphatic rings. The molecule has 0 bridgehead atoms. The number of primary amides is 1. The van der Waals surface area contributed by atoms with E-state index in [4.69, 9.17) is 12.2 Å². The highest BCUT2D eigenvalue weighted by Crippen LogP contribution is 2.09. The number of halogens is 1. The summed E-state index contributed by atoms with van der Waals surface area (Å²) in [5, 5.41) is 2.60. The van der Waals surface area contributed by atoms with Crippen molar-refractivity contribution in [2.24, 2.45) is 5.73 Å². The van der Waals surface area contributed by atoms with Crippen molar-refractivity contribution >= 4 is 28.6 Å². The van der Waals surface area contributed by atoms with Crippen molar-refractivity contribution in [3.63, 3.8) is 0 Å². The van der Waals surface area contributed by atoms with Gasteiger partial charge >= 0.3 is 6.03 Å². The standard InChI is InChI=1S/C8H13IN2O/c1-3-4-7(5-6(2)9)11-8(10)12/h1,6-7H,4-5H2,2H3,(H3,10,11,12). The molecule has 0 heterocycles. The van der Waals surface area contributed by atoms with Crippen LogP contribution in [0.25, 0.3) is 0 Å². The Kier molecular flexibility index (Phi) is 5.89. The summed E-state index contributed by atoms with van der Waals surface area (Å²) in [6.45, 7) is 2.06. The maximum atomic E-state index is 10.5. The summed E-state index contributed by atoms with van der Waals surface area (Å²) in [5.41, 5.74) is 4.98. The van der Waals surface area contributed by atoms with Crippen LogP contribution in [0.5, 0.6) is 0 Å². The lowest BCUT2D eigenvalue weighted by Gasteiger charge is -2.15. The average Bonchev–Trinajstić information content (AvgIpc) is 1.84. The van der Waals surface area contributed by atoms with Crippen LogP contribution in [-0.4, -0.2) is 16.0 Å². The molecule has 3 N–H and O–H groups in total. The van der Waals surface area contributed by atoms with E-state index in [1.165, 1.54) is 0 Å². The number of urea groups is 1. The quantitative estimate of drug-likeness (QED) is 0.454. The van der Waals surface area contributed by atoms with Crippen molar-refractivity contribution in [2.75, 3.05) is 0 Å².